The van der Waals surface area contributed by atoms with Crippen LogP contribution in [0, 0.1) is 11.7 Å². The second-order valence-electron chi connectivity index (χ2n) is 7.35. The minimum atomic E-state index is -0.414. The first-order valence-electron chi connectivity index (χ1n) is 10.00. The standard InChI is InChI=1S/C23H27FN2O3/c1-3-4-11-25-22(27)21-15-26(14-20(21)16-7-5-9-18(24)12-16)23(28)17-8-6-10-19(13-17)29-2/h5-10,12-13,20-21H,3-4,11,14-15H2,1-2H3,(H,25,27)/t20-,21+/m0/s1. The van der Waals surface area contributed by atoms with E-state index in [9.17, 15) is 14.0 Å². The summed E-state index contributed by atoms with van der Waals surface area (Å²) < 4.78 is 19.0. The number of carbonyl (C=O) groups excluding carboxylic acids is 2. The molecule has 1 fully saturated rings. The van der Waals surface area contributed by atoms with Gasteiger partial charge < -0.3 is 15.0 Å². The summed E-state index contributed by atoms with van der Waals surface area (Å²) >= 11 is 0. The molecule has 2 aromatic carbocycles. The number of hydrogen-bond donors (Lipinski definition) is 1. The molecular weight excluding hydrogens is 371 g/mol. The molecule has 154 valence electrons. The van der Waals surface area contributed by atoms with Crippen LogP contribution in [0.5, 0.6) is 5.75 Å². The van der Waals surface area contributed by atoms with Crippen molar-refractivity contribution in [3.8, 4) is 5.75 Å². The number of likely N-dealkylation sites (tertiary alicyclic amines) is 1. The number of ether oxygens (including phenoxy) is 1. The lowest BCUT2D eigenvalue weighted by atomic mass is 9.88. The Kier molecular flexibility index (Phi) is 6.86. The zero-order chi connectivity index (χ0) is 20.8. The Morgan fingerprint density at radius 3 is 2.69 bits per heavy atom. The molecule has 6 heteroatoms. The molecule has 1 N–H and O–H groups in total. The van der Waals surface area contributed by atoms with Crippen molar-refractivity contribution in [3.05, 3.63) is 65.5 Å². The third kappa shape index (κ3) is 4.94. The molecule has 0 aliphatic carbocycles. The molecule has 3 rings (SSSR count). The fourth-order valence-corrected chi connectivity index (χ4v) is 3.77. The zero-order valence-electron chi connectivity index (χ0n) is 16.9. The lowest BCUT2D eigenvalue weighted by Gasteiger charge is -2.18. The van der Waals surface area contributed by atoms with Crippen LogP contribution in [-0.2, 0) is 4.79 Å². The minimum Gasteiger partial charge on any atom is -0.497 e. The average Bonchev–Trinajstić information content (AvgIpc) is 3.19. The third-order valence-electron chi connectivity index (χ3n) is 5.37. The molecule has 2 atom stereocenters. The van der Waals surface area contributed by atoms with Gasteiger partial charge in [-0.05, 0) is 42.3 Å². The van der Waals surface area contributed by atoms with Crippen LogP contribution in [0.25, 0.3) is 0 Å². The molecular formula is C23H27FN2O3. The van der Waals surface area contributed by atoms with Gasteiger partial charge in [0.2, 0.25) is 5.91 Å². The number of unbranched alkanes of at least 4 members (excludes halogenated alkanes) is 1. The molecule has 0 spiro atoms. The number of hydrogen-bond acceptors (Lipinski definition) is 3. The molecule has 1 aliphatic rings. The van der Waals surface area contributed by atoms with E-state index in [0.717, 1.165) is 18.4 Å². The van der Waals surface area contributed by atoms with Crippen molar-refractivity contribution in [2.45, 2.75) is 25.7 Å². The van der Waals surface area contributed by atoms with E-state index in [4.69, 9.17) is 4.74 Å². The highest BCUT2D eigenvalue weighted by atomic mass is 19.1. The predicted molar refractivity (Wildman–Crippen MR) is 109 cm³/mol. The summed E-state index contributed by atoms with van der Waals surface area (Å²) in [5, 5.41) is 2.97. The summed E-state index contributed by atoms with van der Waals surface area (Å²) in [4.78, 5) is 27.6. The molecule has 0 saturated carbocycles. The zero-order valence-corrected chi connectivity index (χ0v) is 16.9. The van der Waals surface area contributed by atoms with Crippen LogP contribution in [0.2, 0.25) is 0 Å². The molecule has 0 aromatic heterocycles. The largest absolute Gasteiger partial charge is 0.497 e. The molecule has 1 aliphatic heterocycles. The Morgan fingerprint density at radius 1 is 1.17 bits per heavy atom. The van der Waals surface area contributed by atoms with Crippen LogP contribution in [0.3, 0.4) is 0 Å². The Bertz CT molecular complexity index is 871. The van der Waals surface area contributed by atoms with Crippen LogP contribution in [0.1, 0.15) is 41.6 Å². The molecule has 2 aromatic rings. The van der Waals surface area contributed by atoms with Crippen LogP contribution >= 0.6 is 0 Å². The summed E-state index contributed by atoms with van der Waals surface area (Å²) in [5.41, 5.74) is 1.25. The quantitative estimate of drug-likeness (QED) is 0.725. The van der Waals surface area contributed by atoms with Crippen molar-refractivity contribution in [1.82, 2.24) is 10.2 Å². The summed E-state index contributed by atoms with van der Waals surface area (Å²) in [6.45, 7) is 3.33. The Balaban J connectivity index is 1.83. The minimum absolute atomic E-state index is 0.0892. The van der Waals surface area contributed by atoms with E-state index in [2.05, 4.69) is 12.2 Å². The highest BCUT2D eigenvalue weighted by Crippen LogP contribution is 2.34. The lowest BCUT2D eigenvalue weighted by Crippen LogP contribution is -2.36. The van der Waals surface area contributed by atoms with Crippen LogP contribution in [-0.4, -0.2) is 43.5 Å². The molecule has 29 heavy (non-hydrogen) atoms. The Morgan fingerprint density at radius 2 is 1.97 bits per heavy atom. The molecule has 1 saturated heterocycles. The molecule has 5 nitrogen and oxygen atoms in total. The number of benzene rings is 2. The normalized spacial score (nSPS) is 18.5. The fraction of sp³-hybridized carbons (Fsp3) is 0.391. The van der Waals surface area contributed by atoms with Gasteiger partial charge in [0.05, 0.1) is 13.0 Å². The van der Waals surface area contributed by atoms with Crippen molar-refractivity contribution < 1.29 is 18.7 Å². The maximum atomic E-state index is 13.8. The number of nitrogens with one attached hydrogen (secondary N) is 1. The van der Waals surface area contributed by atoms with Gasteiger partial charge in [-0.1, -0.05) is 31.5 Å². The molecule has 0 bridgehead atoms. The van der Waals surface area contributed by atoms with Crippen molar-refractivity contribution >= 4 is 11.8 Å². The Labute approximate surface area is 170 Å². The second-order valence-corrected chi connectivity index (χ2v) is 7.35. The van der Waals surface area contributed by atoms with Crippen LogP contribution in [0.4, 0.5) is 4.39 Å². The van der Waals surface area contributed by atoms with E-state index in [0.29, 0.717) is 30.9 Å². The van der Waals surface area contributed by atoms with E-state index >= 15 is 0 Å². The number of methoxy groups -OCH3 is 1. The fourth-order valence-electron chi connectivity index (χ4n) is 3.77. The number of nitrogens with zero attached hydrogens (tertiary/aromatic N) is 1. The number of rotatable bonds is 7. The molecule has 0 radical (unpaired) electrons. The van der Waals surface area contributed by atoms with Gasteiger partial charge in [0, 0.05) is 31.1 Å². The number of amides is 2. The first-order chi connectivity index (χ1) is 14.0. The second kappa shape index (κ2) is 9.54. The lowest BCUT2D eigenvalue weighted by molar-refractivity contribution is -0.124. The van der Waals surface area contributed by atoms with Gasteiger partial charge in [0.15, 0.2) is 0 Å². The van der Waals surface area contributed by atoms with E-state index in [1.165, 1.54) is 12.1 Å². The monoisotopic (exact) mass is 398 g/mol. The van der Waals surface area contributed by atoms with Gasteiger partial charge in [-0.25, -0.2) is 4.39 Å². The summed E-state index contributed by atoms with van der Waals surface area (Å²) in [5.74, 6) is -0.649. The highest BCUT2D eigenvalue weighted by molar-refractivity contribution is 5.95. The molecule has 2 amide bonds. The highest BCUT2D eigenvalue weighted by Gasteiger charge is 2.40. The number of halogens is 1. The smallest absolute Gasteiger partial charge is 0.254 e. The van der Waals surface area contributed by atoms with E-state index in [1.807, 2.05) is 6.07 Å². The van der Waals surface area contributed by atoms with Gasteiger partial charge in [0.25, 0.3) is 5.91 Å². The molecule has 0 unspecified atom stereocenters. The van der Waals surface area contributed by atoms with Gasteiger partial charge >= 0.3 is 0 Å². The summed E-state index contributed by atoms with van der Waals surface area (Å²) in [6.07, 6.45) is 1.88. The van der Waals surface area contributed by atoms with Gasteiger partial charge in [-0.3, -0.25) is 9.59 Å². The first-order valence-corrected chi connectivity index (χ1v) is 10.00. The first kappa shape index (κ1) is 20.8. The van der Waals surface area contributed by atoms with E-state index in [-0.39, 0.29) is 23.5 Å². The van der Waals surface area contributed by atoms with Gasteiger partial charge in [-0.2, -0.15) is 0 Å². The maximum Gasteiger partial charge on any atom is 0.254 e. The topological polar surface area (TPSA) is 58.6 Å². The van der Waals surface area contributed by atoms with E-state index in [1.54, 1.807) is 42.3 Å². The summed E-state index contributed by atoms with van der Waals surface area (Å²) in [6, 6.07) is 13.3. The van der Waals surface area contributed by atoms with Crippen molar-refractivity contribution in [3.63, 3.8) is 0 Å². The maximum absolute atomic E-state index is 13.8. The number of carbonyl (C=O) groups is 2. The van der Waals surface area contributed by atoms with Crippen molar-refractivity contribution in [2.75, 3.05) is 26.7 Å². The van der Waals surface area contributed by atoms with Crippen LogP contribution < -0.4 is 10.1 Å². The van der Waals surface area contributed by atoms with Gasteiger partial charge in [-0.15, -0.1) is 0 Å². The van der Waals surface area contributed by atoms with Crippen LogP contribution in [0.15, 0.2) is 48.5 Å². The van der Waals surface area contributed by atoms with Crippen molar-refractivity contribution in [1.29, 1.82) is 0 Å². The average molecular weight is 398 g/mol. The van der Waals surface area contributed by atoms with Gasteiger partial charge in [0.1, 0.15) is 11.6 Å². The predicted octanol–water partition coefficient (Wildman–Crippen LogP) is 3.61. The third-order valence-corrected chi connectivity index (χ3v) is 5.37. The van der Waals surface area contributed by atoms with Crippen molar-refractivity contribution in [2.24, 2.45) is 5.92 Å². The SMILES string of the molecule is CCCCNC(=O)[C@@H]1CN(C(=O)c2cccc(OC)c2)C[C@H]1c1cccc(F)c1. The summed E-state index contributed by atoms with van der Waals surface area (Å²) in [7, 11) is 1.55. The Hall–Kier alpha value is -2.89. The van der Waals surface area contributed by atoms with E-state index < -0.39 is 5.92 Å². The molecule has 1 heterocycles.